The van der Waals surface area contributed by atoms with Crippen LogP contribution in [0.2, 0.25) is 5.02 Å². The minimum Gasteiger partial charge on any atom is -0.468 e. The maximum absolute atomic E-state index is 13.3. The molecule has 7 heteroatoms. The Balaban J connectivity index is 1.77. The van der Waals surface area contributed by atoms with Crippen LogP contribution in [-0.4, -0.2) is 31.4 Å². The first-order valence-corrected chi connectivity index (χ1v) is 9.85. The fourth-order valence-electron chi connectivity index (χ4n) is 3.73. The first-order chi connectivity index (χ1) is 13.9. The van der Waals surface area contributed by atoms with Crippen molar-refractivity contribution in [2.24, 2.45) is 0 Å². The molecule has 0 saturated heterocycles. The summed E-state index contributed by atoms with van der Waals surface area (Å²) in [6.07, 6.45) is 3.43. The molecule has 0 bridgehead atoms. The Hall–Kier alpha value is -2.86. The fraction of sp³-hybridized carbons (Fsp3) is 0.318. The third-order valence-electron chi connectivity index (χ3n) is 5.27. The second-order valence-electron chi connectivity index (χ2n) is 7.09. The summed E-state index contributed by atoms with van der Waals surface area (Å²) in [7, 11) is 1.25. The minimum absolute atomic E-state index is 0.107. The number of amides is 2. The van der Waals surface area contributed by atoms with E-state index in [9.17, 15) is 14.4 Å². The van der Waals surface area contributed by atoms with E-state index >= 15 is 0 Å². The van der Waals surface area contributed by atoms with Gasteiger partial charge in [0, 0.05) is 16.3 Å². The number of carbonyl (C=O) groups is 3. The molecule has 0 radical (unpaired) electrons. The van der Waals surface area contributed by atoms with Gasteiger partial charge in [-0.15, -0.1) is 0 Å². The van der Waals surface area contributed by atoms with Crippen LogP contribution < -0.4 is 10.6 Å². The number of methoxy groups -OCH3 is 1. The smallest absolute Gasteiger partial charge is 0.325 e. The van der Waals surface area contributed by atoms with Crippen LogP contribution in [0, 0.1) is 0 Å². The summed E-state index contributed by atoms with van der Waals surface area (Å²) in [5, 5.41) is 6.05. The number of rotatable bonds is 6. The summed E-state index contributed by atoms with van der Waals surface area (Å²) in [5.41, 5.74) is 1.14. The summed E-state index contributed by atoms with van der Waals surface area (Å²) in [4.78, 5) is 36.7. The molecule has 2 aromatic carbocycles. The topological polar surface area (TPSA) is 84.5 Å². The van der Waals surface area contributed by atoms with E-state index in [0.717, 1.165) is 31.2 Å². The highest BCUT2D eigenvalue weighted by Gasteiger charge is 2.42. The lowest BCUT2D eigenvalue weighted by Crippen LogP contribution is -2.38. The summed E-state index contributed by atoms with van der Waals surface area (Å²) in [6, 6.07) is 14.1. The third kappa shape index (κ3) is 4.77. The number of carbonyl (C=O) groups excluding carboxylic acids is 3. The van der Waals surface area contributed by atoms with Gasteiger partial charge in [0.1, 0.15) is 6.54 Å². The Morgan fingerprint density at radius 2 is 1.79 bits per heavy atom. The Morgan fingerprint density at radius 1 is 1.07 bits per heavy atom. The van der Waals surface area contributed by atoms with Crippen LogP contribution in [0.5, 0.6) is 0 Å². The van der Waals surface area contributed by atoms with Crippen molar-refractivity contribution in [1.82, 2.24) is 5.32 Å². The molecule has 2 aromatic rings. The van der Waals surface area contributed by atoms with E-state index in [-0.39, 0.29) is 12.5 Å². The van der Waals surface area contributed by atoms with Crippen LogP contribution in [0.3, 0.4) is 0 Å². The van der Waals surface area contributed by atoms with Gasteiger partial charge in [0.2, 0.25) is 5.91 Å². The lowest BCUT2D eigenvalue weighted by atomic mass is 9.78. The molecule has 0 atom stereocenters. The lowest BCUT2D eigenvalue weighted by Gasteiger charge is -2.28. The van der Waals surface area contributed by atoms with Gasteiger partial charge in [-0.1, -0.05) is 42.6 Å². The Labute approximate surface area is 174 Å². The summed E-state index contributed by atoms with van der Waals surface area (Å²) in [6.45, 7) is -0.218. The first-order valence-electron chi connectivity index (χ1n) is 9.47. The van der Waals surface area contributed by atoms with Gasteiger partial charge >= 0.3 is 5.97 Å². The maximum atomic E-state index is 13.3. The van der Waals surface area contributed by atoms with Crippen LogP contribution >= 0.6 is 11.6 Å². The van der Waals surface area contributed by atoms with Crippen molar-refractivity contribution in [3.63, 3.8) is 0 Å². The maximum Gasteiger partial charge on any atom is 0.325 e. The first kappa shape index (κ1) is 20.9. The number of anilines is 1. The molecule has 2 amide bonds. The van der Waals surface area contributed by atoms with E-state index in [4.69, 9.17) is 11.6 Å². The van der Waals surface area contributed by atoms with Gasteiger partial charge in [-0.3, -0.25) is 14.4 Å². The molecule has 1 saturated carbocycles. The molecule has 1 aliphatic rings. The van der Waals surface area contributed by atoms with E-state index in [1.54, 1.807) is 30.3 Å². The predicted molar refractivity (Wildman–Crippen MR) is 111 cm³/mol. The van der Waals surface area contributed by atoms with Gasteiger partial charge in [0.15, 0.2) is 0 Å². The SMILES string of the molecule is COC(=O)CNC(=O)c1cccc(NC(=O)C2(c3cccc(Cl)c3)CCCC2)c1. The Kier molecular flexibility index (Phi) is 6.54. The summed E-state index contributed by atoms with van der Waals surface area (Å²) in [5.74, 6) is -1.06. The van der Waals surface area contributed by atoms with Crippen LogP contribution in [0.1, 0.15) is 41.6 Å². The van der Waals surface area contributed by atoms with Gasteiger partial charge in [-0.2, -0.15) is 0 Å². The van der Waals surface area contributed by atoms with Crippen molar-refractivity contribution >= 4 is 35.1 Å². The van der Waals surface area contributed by atoms with Crippen molar-refractivity contribution in [2.75, 3.05) is 19.0 Å². The molecule has 0 heterocycles. The average molecular weight is 415 g/mol. The number of hydrogen-bond acceptors (Lipinski definition) is 4. The van der Waals surface area contributed by atoms with Crippen LogP contribution in [-0.2, 0) is 19.7 Å². The largest absolute Gasteiger partial charge is 0.468 e. The molecule has 1 aliphatic carbocycles. The van der Waals surface area contributed by atoms with Crippen LogP contribution in [0.25, 0.3) is 0 Å². The Morgan fingerprint density at radius 3 is 2.48 bits per heavy atom. The number of benzene rings is 2. The lowest BCUT2D eigenvalue weighted by molar-refractivity contribution is -0.139. The minimum atomic E-state index is -0.631. The quantitative estimate of drug-likeness (QED) is 0.706. The van der Waals surface area contributed by atoms with Crippen molar-refractivity contribution in [2.45, 2.75) is 31.1 Å². The molecule has 152 valence electrons. The van der Waals surface area contributed by atoms with Gasteiger partial charge in [-0.05, 0) is 48.7 Å². The van der Waals surface area contributed by atoms with E-state index in [2.05, 4.69) is 15.4 Å². The zero-order valence-corrected chi connectivity index (χ0v) is 16.9. The number of ether oxygens (including phenoxy) is 1. The molecule has 0 aromatic heterocycles. The van der Waals surface area contributed by atoms with Gasteiger partial charge in [0.25, 0.3) is 5.91 Å². The highest BCUT2D eigenvalue weighted by molar-refractivity contribution is 6.30. The number of halogens is 1. The predicted octanol–water partition coefficient (Wildman–Crippen LogP) is 3.69. The molecular weight excluding hydrogens is 392 g/mol. The third-order valence-corrected chi connectivity index (χ3v) is 5.51. The number of nitrogens with one attached hydrogen (secondary N) is 2. The van der Waals surface area contributed by atoms with Crippen molar-refractivity contribution < 1.29 is 19.1 Å². The van der Waals surface area contributed by atoms with E-state index in [0.29, 0.717) is 16.3 Å². The molecule has 0 unspecified atom stereocenters. The average Bonchev–Trinajstić information content (AvgIpc) is 3.23. The van der Waals surface area contributed by atoms with E-state index in [1.165, 1.54) is 7.11 Å². The molecular formula is C22H23ClN2O4. The van der Waals surface area contributed by atoms with E-state index in [1.807, 2.05) is 18.2 Å². The normalized spacial score (nSPS) is 14.8. The molecule has 1 fully saturated rings. The molecule has 2 N–H and O–H groups in total. The second-order valence-corrected chi connectivity index (χ2v) is 7.53. The monoisotopic (exact) mass is 414 g/mol. The number of esters is 1. The second kappa shape index (κ2) is 9.09. The molecule has 6 nitrogen and oxygen atoms in total. The van der Waals surface area contributed by atoms with E-state index < -0.39 is 17.3 Å². The molecule has 0 aliphatic heterocycles. The van der Waals surface area contributed by atoms with Gasteiger partial charge < -0.3 is 15.4 Å². The zero-order valence-electron chi connectivity index (χ0n) is 16.2. The van der Waals surface area contributed by atoms with Gasteiger partial charge in [-0.25, -0.2) is 0 Å². The Bertz CT molecular complexity index is 923. The van der Waals surface area contributed by atoms with Crippen LogP contribution in [0.15, 0.2) is 48.5 Å². The molecule has 29 heavy (non-hydrogen) atoms. The fourth-order valence-corrected chi connectivity index (χ4v) is 3.92. The standard InChI is InChI=1S/C22H23ClN2O4/c1-29-19(26)14-24-20(27)15-6-4-9-18(12-15)25-21(28)22(10-2-3-11-22)16-7-5-8-17(23)13-16/h4-9,12-13H,2-3,10-11,14H2,1H3,(H,24,27)(H,25,28). The van der Waals surface area contributed by atoms with Crippen molar-refractivity contribution in [3.8, 4) is 0 Å². The number of hydrogen-bond donors (Lipinski definition) is 2. The molecule has 3 rings (SSSR count). The highest BCUT2D eigenvalue weighted by atomic mass is 35.5. The molecule has 0 spiro atoms. The summed E-state index contributed by atoms with van der Waals surface area (Å²) >= 11 is 6.16. The zero-order chi connectivity index (χ0) is 20.9. The highest BCUT2D eigenvalue weighted by Crippen LogP contribution is 2.42. The van der Waals surface area contributed by atoms with Crippen molar-refractivity contribution in [1.29, 1.82) is 0 Å². The summed E-state index contributed by atoms with van der Waals surface area (Å²) < 4.78 is 4.51. The van der Waals surface area contributed by atoms with Gasteiger partial charge in [0.05, 0.1) is 12.5 Å². The van der Waals surface area contributed by atoms with Crippen molar-refractivity contribution in [3.05, 3.63) is 64.7 Å². The van der Waals surface area contributed by atoms with Crippen LogP contribution in [0.4, 0.5) is 5.69 Å².